The first-order valence-electron chi connectivity index (χ1n) is 4.60. The van der Waals surface area contributed by atoms with Crippen LogP contribution in [0.4, 0.5) is 0 Å². The molecule has 1 saturated heterocycles. The smallest absolute Gasteiger partial charge is 0.128 e. The van der Waals surface area contributed by atoms with Crippen molar-refractivity contribution < 1.29 is 14.8 Å². The Kier molecular flexibility index (Phi) is 2.48. The molecule has 2 rings (SSSR count). The number of benzene rings is 1. The average Bonchev–Trinajstić information content (AvgIpc) is 2.69. The summed E-state index contributed by atoms with van der Waals surface area (Å²) in [6.45, 7) is -0.175. The minimum atomic E-state index is -2.53. The van der Waals surface area contributed by atoms with Crippen molar-refractivity contribution in [1.29, 1.82) is 0 Å². The van der Waals surface area contributed by atoms with Crippen molar-refractivity contribution in [2.24, 2.45) is 0 Å². The number of aliphatic hydroxyl groups is 2. The van der Waals surface area contributed by atoms with Crippen LogP contribution in [0.5, 0.6) is 0 Å². The quantitative estimate of drug-likeness (QED) is 0.741. The summed E-state index contributed by atoms with van der Waals surface area (Å²) in [6.07, 6.45) is 0.403. The molecule has 3 atom stereocenters. The molecule has 1 aromatic rings. The Morgan fingerprint density at radius 3 is 2.43 bits per heavy atom. The Bertz CT molecular complexity index is 363. The van der Waals surface area contributed by atoms with Crippen molar-refractivity contribution in [3.8, 4) is 0 Å². The average molecular weight is 212 g/mol. The van der Waals surface area contributed by atoms with Gasteiger partial charge in [-0.2, -0.15) is 0 Å². The zero-order chi connectivity index (χ0) is 10.2. The lowest BCUT2D eigenvalue weighted by Crippen LogP contribution is -1.96. The highest BCUT2D eigenvalue weighted by molar-refractivity contribution is 7.72. The molecule has 1 aliphatic rings. The van der Waals surface area contributed by atoms with Gasteiger partial charge in [-0.15, -0.1) is 0 Å². The molecule has 76 valence electrons. The summed E-state index contributed by atoms with van der Waals surface area (Å²) in [4.78, 5) is 0. The van der Waals surface area contributed by atoms with Gasteiger partial charge in [-0.05, 0) is 5.56 Å². The fourth-order valence-corrected chi connectivity index (χ4v) is 4.57. The predicted molar refractivity (Wildman–Crippen MR) is 54.6 cm³/mol. The van der Waals surface area contributed by atoms with Gasteiger partial charge < -0.3 is 14.8 Å². The maximum atomic E-state index is 12.0. The predicted octanol–water partition coefficient (Wildman–Crippen LogP) is 1.24. The fraction of sp³-hybridized carbons (Fsp3) is 0.400. The second-order valence-electron chi connectivity index (χ2n) is 3.66. The van der Waals surface area contributed by atoms with E-state index in [9.17, 15) is 9.67 Å². The van der Waals surface area contributed by atoms with Crippen LogP contribution in [-0.2, 0) is 10.7 Å². The lowest BCUT2D eigenvalue weighted by Gasteiger charge is -1.99. The van der Waals surface area contributed by atoms with Gasteiger partial charge in [0.05, 0.1) is 12.3 Å². The first-order chi connectivity index (χ1) is 6.68. The third-order valence-corrected chi connectivity index (χ3v) is 6.06. The van der Waals surface area contributed by atoms with Crippen molar-refractivity contribution in [2.75, 3.05) is 6.61 Å². The van der Waals surface area contributed by atoms with E-state index >= 15 is 0 Å². The zero-order valence-corrected chi connectivity index (χ0v) is 8.60. The molecule has 0 saturated carbocycles. The van der Waals surface area contributed by atoms with E-state index in [4.69, 9.17) is 5.11 Å². The fourth-order valence-electron chi connectivity index (χ4n) is 1.72. The first kappa shape index (κ1) is 9.91. The van der Waals surface area contributed by atoms with E-state index in [0.29, 0.717) is 6.16 Å². The number of rotatable bonds is 3. The van der Waals surface area contributed by atoms with Crippen LogP contribution in [0.2, 0.25) is 0 Å². The van der Waals surface area contributed by atoms with Gasteiger partial charge in [-0.1, -0.05) is 30.3 Å². The monoisotopic (exact) mass is 212 g/mol. The normalized spacial score (nSPS) is 35.6. The first-order valence-corrected chi connectivity index (χ1v) is 6.63. The van der Waals surface area contributed by atoms with Crippen LogP contribution in [-0.4, -0.2) is 28.3 Å². The van der Waals surface area contributed by atoms with Crippen LogP contribution in [0.25, 0.3) is 0 Å². The van der Waals surface area contributed by atoms with Crippen molar-refractivity contribution in [3.05, 3.63) is 35.9 Å². The largest absolute Gasteiger partial charge is 0.395 e. The Morgan fingerprint density at radius 2 is 1.93 bits per heavy atom. The second-order valence-corrected chi connectivity index (χ2v) is 6.88. The van der Waals surface area contributed by atoms with Crippen LogP contribution in [0.1, 0.15) is 5.56 Å². The molecular formula is C10H13O3P. The molecule has 1 fully saturated rings. The molecule has 1 aromatic carbocycles. The van der Waals surface area contributed by atoms with E-state index in [0.717, 1.165) is 5.56 Å². The topological polar surface area (TPSA) is 57.5 Å². The number of hydrogen-bond acceptors (Lipinski definition) is 3. The van der Waals surface area contributed by atoms with Gasteiger partial charge in [-0.25, -0.2) is 0 Å². The summed E-state index contributed by atoms with van der Waals surface area (Å²) in [6, 6.07) is 9.43. The van der Waals surface area contributed by atoms with Crippen LogP contribution >= 0.6 is 7.14 Å². The van der Waals surface area contributed by atoms with Gasteiger partial charge in [0.1, 0.15) is 13.0 Å². The Labute approximate surface area is 82.8 Å². The van der Waals surface area contributed by atoms with E-state index in [-0.39, 0.29) is 12.3 Å². The molecule has 3 nitrogen and oxygen atoms in total. The van der Waals surface area contributed by atoms with Crippen LogP contribution < -0.4 is 0 Å². The molecule has 0 bridgehead atoms. The molecule has 4 heteroatoms. The highest BCUT2D eigenvalue weighted by Crippen LogP contribution is 2.74. The molecule has 1 aliphatic heterocycles. The third-order valence-electron chi connectivity index (χ3n) is 2.72. The number of hydrogen-bond donors (Lipinski definition) is 2. The molecular weight excluding hydrogens is 199 g/mol. The molecule has 0 spiro atoms. The van der Waals surface area contributed by atoms with E-state index in [1.165, 1.54) is 0 Å². The van der Waals surface area contributed by atoms with Crippen LogP contribution in [0.15, 0.2) is 30.3 Å². The molecule has 0 amide bonds. The van der Waals surface area contributed by atoms with Gasteiger partial charge in [0, 0.05) is 6.16 Å². The van der Waals surface area contributed by atoms with E-state index in [2.05, 4.69) is 0 Å². The van der Waals surface area contributed by atoms with Crippen molar-refractivity contribution in [3.63, 3.8) is 0 Å². The van der Waals surface area contributed by atoms with Crippen molar-refractivity contribution in [2.45, 2.75) is 17.7 Å². The summed E-state index contributed by atoms with van der Waals surface area (Å²) >= 11 is 0. The van der Waals surface area contributed by atoms with E-state index < -0.39 is 13.0 Å². The maximum Gasteiger partial charge on any atom is 0.128 e. The second kappa shape index (κ2) is 3.50. The minimum Gasteiger partial charge on any atom is -0.395 e. The van der Waals surface area contributed by atoms with Crippen LogP contribution in [0.3, 0.4) is 0 Å². The van der Waals surface area contributed by atoms with Crippen LogP contribution in [0, 0.1) is 0 Å². The highest BCUT2D eigenvalue weighted by atomic mass is 31.2. The van der Waals surface area contributed by atoms with E-state index in [1.807, 2.05) is 30.3 Å². The lowest BCUT2D eigenvalue weighted by atomic mass is 10.2. The van der Waals surface area contributed by atoms with Gasteiger partial charge in [0.25, 0.3) is 0 Å². The maximum absolute atomic E-state index is 12.0. The van der Waals surface area contributed by atoms with Crippen molar-refractivity contribution >= 4 is 7.14 Å². The molecule has 0 aliphatic carbocycles. The van der Waals surface area contributed by atoms with Gasteiger partial charge >= 0.3 is 0 Å². The lowest BCUT2D eigenvalue weighted by molar-refractivity contribution is 0.236. The summed E-state index contributed by atoms with van der Waals surface area (Å²) < 4.78 is 12.0. The summed E-state index contributed by atoms with van der Waals surface area (Å²) in [5.74, 6) is -0.785. The van der Waals surface area contributed by atoms with Crippen molar-refractivity contribution in [1.82, 2.24) is 0 Å². The zero-order valence-electron chi connectivity index (χ0n) is 7.71. The molecule has 2 N–H and O–H groups in total. The molecule has 0 aromatic heterocycles. The molecule has 3 unspecified atom stereocenters. The van der Waals surface area contributed by atoms with E-state index in [1.54, 1.807) is 0 Å². The summed E-state index contributed by atoms with van der Waals surface area (Å²) in [5.41, 5.74) is 0.577. The third kappa shape index (κ3) is 1.52. The molecule has 0 radical (unpaired) electrons. The van der Waals surface area contributed by atoms with Gasteiger partial charge in [0.15, 0.2) is 0 Å². The summed E-state index contributed by atoms with van der Waals surface area (Å²) in [5, 5.41) is 18.2. The SMILES string of the molecule is O=P1(Cc2ccccc2)C(O)C1CO. The Morgan fingerprint density at radius 1 is 1.29 bits per heavy atom. The molecule has 14 heavy (non-hydrogen) atoms. The number of aliphatic hydroxyl groups excluding tert-OH is 2. The molecule has 1 heterocycles. The Hall–Kier alpha value is -0.630. The highest BCUT2D eigenvalue weighted by Gasteiger charge is 2.60. The minimum absolute atomic E-state index is 0.175. The standard InChI is InChI=1S/C10H13O3P/c11-6-9-10(12)14(9,13)7-8-4-2-1-3-5-8/h1-5,9-12H,6-7H2. The van der Waals surface area contributed by atoms with Gasteiger partial charge in [0.2, 0.25) is 0 Å². The summed E-state index contributed by atoms with van der Waals surface area (Å²) in [7, 11) is -2.53. The Balaban J connectivity index is 2.10. The van der Waals surface area contributed by atoms with Gasteiger partial charge in [-0.3, -0.25) is 0 Å².